The number of aromatic nitrogens is 3. The molecule has 0 fully saturated rings. The number of hydrogen-bond donors (Lipinski definition) is 2. The van der Waals surface area contributed by atoms with Crippen LogP contribution in [-0.2, 0) is 13.1 Å². The Morgan fingerprint density at radius 1 is 1.27 bits per heavy atom. The van der Waals surface area contributed by atoms with Crippen molar-refractivity contribution in [3.8, 4) is 17.3 Å². The van der Waals surface area contributed by atoms with Gasteiger partial charge >= 0.3 is 0 Å². The van der Waals surface area contributed by atoms with Gasteiger partial charge in [0.1, 0.15) is 11.5 Å². The number of pyridine rings is 1. The highest BCUT2D eigenvalue weighted by molar-refractivity contribution is 5.56. The molecule has 0 radical (unpaired) electrons. The molecule has 0 aromatic carbocycles. The lowest BCUT2D eigenvalue weighted by molar-refractivity contribution is 0.397. The average Bonchev–Trinajstić information content (AvgIpc) is 3.16. The molecule has 0 atom stereocenters. The number of aryl methyl sites for hydroxylation is 1. The van der Waals surface area contributed by atoms with E-state index in [0.717, 1.165) is 34.9 Å². The molecule has 3 rings (SSSR count). The Morgan fingerprint density at radius 3 is 2.95 bits per heavy atom. The second-order valence-electron chi connectivity index (χ2n) is 4.99. The number of furan rings is 1. The van der Waals surface area contributed by atoms with Crippen molar-refractivity contribution >= 4 is 0 Å². The molecule has 22 heavy (non-hydrogen) atoms. The van der Waals surface area contributed by atoms with Crippen molar-refractivity contribution in [1.29, 1.82) is 0 Å². The predicted molar refractivity (Wildman–Crippen MR) is 82.4 cm³/mol. The third-order valence-corrected chi connectivity index (χ3v) is 3.36. The van der Waals surface area contributed by atoms with Crippen LogP contribution in [0.4, 0.5) is 0 Å². The number of hydrogen-bond acceptors (Lipinski definition) is 5. The van der Waals surface area contributed by atoms with Crippen molar-refractivity contribution in [2.75, 3.05) is 7.11 Å². The highest BCUT2D eigenvalue weighted by atomic mass is 16.5. The number of H-pyrrole nitrogens is 1. The molecule has 0 aliphatic heterocycles. The van der Waals surface area contributed by atoms with Gasteiger partial charge in [-0.1, -0.05) is 0 Å². The summed E-state index contributed by atoms with van der Waals surface area (Å²) in [5.74, 6) is 2.30. The topological polar surface area (TPSA) is 76.0 Å². The van der Waals surface area contributed by atoms with E-state index < -0.39 is 0 Å². The minimum atomic E-state index is 0.620. The van der Waals surface area contributed by atoms with E-state index in [2.05, 4.69) is 20.5 Å². The van der Waals surface area contributed by atoms with Gasteiger partial charge in [0, 0.05) is 30.9 Å². The normalized spacial score (nSPS) is 10.8. The first-order valence-electron chi connectivity index (χ1n) is 7.05. The van der Waals surface area contributed by atoms with Crippen LogP contribution in [0.25, 0.3) is 11.5 Å². The smallest absolute Gasteiger partial charge is 0.213 e. The van der Waals surface area contributed by atoms with Crippen molar-refractivity contribution in [2.24, 2.45) is 0 Å². The summed E-state index contributed by atoms with van der Waals surface area (Å²) in [7, 11) is 1.61. The van der Waals surface area contributed by atoms with Crippen molar-refractivity contribution in [2.45, 2.75) is 20.0 Å². The highest BCUT2D eigenvalue weighted by Gasteiger charge is 2.10. The Bertz CT molecular complexity index is 748. The monoisotopic (exact) mass is 298 g/mol. The van der Waals surface area contributed by atoms with E-state index in [4.69, 9.17) is 9.15 Å². The molecule has 3 heterocycles. The second-order valence-corrected chi connectivity index (χ2v) is 4.99. The third-order valence-electron chi connectivity index (χ3n) is 3.36. The molecule has 114 valence electrons. The van der Waals surface area contributed by atoms with Crippen LogP contribution in [0.15, 0.2) is 41.1 Å². The van der Waals surface area contributed by atoms with E-state index in [-0.39, 0.29) is 0 Å². The van der Waals surface area contributed by atoms with Crippen LogP contribution in [0.1, 0.15) is 16.9 Å². The van der Waals surface area contributed by atoms with Crippen molar-refractivity contribution < 1.29 is 9.15 Å². The fourth-order valence-electron chi connectivity index (χ4n) is 2.24. The minimum absolute atomic E-state index is 0.620. The average molecular weight is 298 g/mol. The molecule has 3 aromatic rings. The molecule has 0 aliphatic rings. The Hall–Kier alpha value is -2.60. The summed E-state index contributed by atoms with van der Waals surface area (Å²) in [5, 5.41) is 10.5. The molecule has 0 saturated carbocycles. The fourth-order valence-corrected chi connectivity index (χ4v) is 2.24. The molecule has 3 aromatic heterocycles. The van der Waals surface area contributed by atoms with E-state index in [1.165, 1.54) is 0 Å². The first kappa shape index (κ1) is 14.3. The van der Waals surface area contributed by atoms with Gasteiger partial charge in [0.2, 0.25) is 5.88 Å². The van der Waals surface area contributed by atoms with Gasteiger partial charge in [-0.05, 0) is 30.7 Å². The highest BCUT2D eigenvalue weighted by Crippen LogP contribution is 2.23. The Kier molecular flexibility index (Phi) is 4.20. The third kappa shape index (κ3) is 3.17. The van der Waals surface area contributed by atoms with Crippen LogP contribution in [0.5, 0.6) is 5.88 Å². The molecule has 6 heteroatoms. The Morgan fingerprint density at radius 2 is 2.18 bits per heavy atom. The van der Waals surface area contributed by atoms with Gasteiger partial charge in [-0.15, -0.1) is 0 Å². The van der Waals surface area contributed by atoms with E-state index in [1.54, 1.807) is 13.3 Å². The van der Waals surface area contributed by atoms with Gasteiger partial charge < -0.3 is 14.5 Å². The fraction of sp³-hybridized carbons (Fsp3) is 0.250. The van der Waals surface area contributed by atoms with Gasteiger partial charge in [0.15, 0.2) is 5.76 Å². The summed E-state index contributed by atoms with van der Waals surface area (Å²) < 4.78 is 10.8. The largest absolute Gasteiger partial charge is 0.481 e. The maximum Gasteiger partial charge on any atom is 0.213 e. The summed E-state index contributed by atoms with van der Waals surface area (Å²) in [6, 6.07) is 7.76. The number of nitrogens with one attached hydrogen (secondary N) is 2. The lowest BCUT2D eigenvalue weighted by atomic mass is 10.2. The molecule has 6 nitrogen and oxygen atoms in total. The number of aromatic amines is 1. The first-order valence-corrected chi connectivity index (χ1v) is 7.05. The summed E-state index contributed by atoms with van der Waals surface area (Å²) in [6.07, 6.45) is 3.55. The maximum absolute atomic E-state index is 5.64. The van der Waals surface area contributed by atoms with E-state index >= 15 is 0 Å². The van der Waals surface area contributed by atoms with Crippen LogP contribution >= 0.6 is 0 Å². The SMILES string of the molecule is COc1cc(CNCc2cn[nH]c2-c2ccc(C)o2)ccn1. The molecule has 0 aliphatic carbocycles. The quantitative estimate of drug-likeness (QED) is 0.731. The molecule has 0 amide bonds. The van der Waals surface area contributed by atoms with Gasteiger partial charge in [0.25, 0.3) is 0 Å². The van der Waals surface area contributed by atoms with Crippen molar-refractivity contribution in [3.05, 3.63) is 53.5 Å². The molecular weight excluding hydrogens is 280 g/mol. The van der Waals surface area contributed by atoms with E-state index in [0.29, 0.717) is 12.4 Å². The van der Waals surface area contributed by atoms with Gasteiger partial charge in [0.05, 0.1) is 13.3 Å². The Balaban J connectivity index is 1.64. The maximum atomic E-state index is 5.64. The number of nitrogens with zero attached hydrogens (tertiary/aromatic N) is 2. The van der Waals surface area contributed by atoms with Gasteiger partial charge in [-0.25, -0.2) is 4.98 Å². The van der Waals surface area contributed by atoms with Crippen LogP contribution in [0.2, 0.25) is 0 Å². The van der Waals surface area contributed by atoms with Gasteiger partial charge in [-0.3, -0.25) is 5.10 Å². The zero-order valence-electron chi connectivity index (χ0n) is 12.6. The van der Waals surface area contributed by atoms with E-state index in [9.17, 15) is 0 Å². The summed E-state index contributed by atoms with van der Waals surface area (Å²) >= 11 is 0. The molecule has 0 unspecified atom stereocenters. The van der Waals surface area contributed by atoms with Gasteiger partial charge in [-0.2, -0.15) is 5.10 Å². The molecule has 0 spiro atoms. The molecule has 0 bridgehead atoms. The number of methoxy groups -OCH3 is 1. The number of rotatable bonds is 6. The summed E-state index contributed by atoms with van der Waals surface area (Å²) in [4.78, 5) is 4.09. The first-order chi connectivity index (χ1) is 10.8. The number of ether oxygens (including phenoxy) is 1. The second kappa shape index (κ2) is 6.44. The Labute approximate surface area is 128 Å². The van der Waals surface area contributed by atoms with Crippen LogP contribution in [-0.4, -0.2) is 22.3 Å². The predicted octanol–water partition coefficient (Wildman–Crippen LogP) is 2.67. The standard InChI is InChI=1S/C16H18N4O2/c1-11-3-4-14(22-11)16-13(10-19-20-16)9-17-8-12-5-6-18-15(7-12)21-2/h3-7,10,17H,8-9H2,1-2H3,(H,19,20). The summed E-state index contributed by atoms with van der Waals surface area (Å²) in [6.45, 7) is 3.34. The minimum Gasteiger partial charge on any atom is -0.481 e. The molecular formula is C16H18N4O2. The van der Waals surface area contributed by atoms with Crippen molar-refractivity contribution in [1.82, 2.24) is 20.5 Å². The van der Waals surface area contributed by atoms with Crippen LogP contribution < -0.4 is 10.1 Å². The van der Waals surface area contributed by atoms with Crippen LogP contribution in [0, 0.1) is 6.92 Å². The zero-order chi connectivity index (χ0) is 15.4. The summed E-state index contributed by atoms with van der Waals surface area (Å²) in [5.41, 5.74) is 3.09. The lowest BCUT2D eigenvalue weighted by Crippen LogP contribution is -2.13. The van der Waals surface area contributed by atoms with E-state index in [1.807, 2.05) is 37.4 Å². The van der Waals surface area contributed by atoms with Crippen molar-refractivity contribution in [3.63, 3.8) is 0 Å². The zero-order valence-corrected chi connectivity index (χ0v) is 12.6. The molecule has 0 saturated heterocycles. The molecule has 2 N–H and O–H groups in total. The van der Waals surface area contributed by atoms with Crippen LogP contribution in [0.3, 0.4) is 0 Å². The lowest BCUT2D eigenvalue weighted by Gasteiger charge is -2.06.